The van der Waals surface area contributed by atoms with Crippen LogP contribution in [-0.4, -0.2) is 10.9 Å². The van der Waals surface area contributed by atoms with Gasteiger partial charge in [0.05, 0.1) is 5.56 Å². The molecule has 0 spiro atoms. The lowest BCUT2D eigenvalue weighted by molar-refractivity contribution is 0.102. The smallest absolute Gasteiger partial charge is 0.257 e. The van der Waals surface area contributed by atoms with E-state index < -0.39 is 0 Å². The van der Waals surface area contributed by atoms with Crippen molar-refractivity contribution in [1.29, 1.82) is 0 Å². The zero-order valence-electron chi connectivity index (χ0n) is 9.66. The van der Waals surface area contributed by atoms with E-state index in [1.165, 1.54) is 18.3 Å². The summed E-state index contributed by atoms with van der Waals surface area (Å²) in [5.41, 5.74) is 1.97. The molecule has 2 aromatic rings. The summed E-state index contributed by atoms with van der Waals surface area (Å²) in [5, 5.41) is 2.81. The van der Waals surface area contributed by atoms with Crippen LogP contribution in [0.5, 0.6) is 0 Å². The lowest BCUT2D eigenvalue weighted by Gasteiger charge is -2.08. The molecule has 0 unspecified atom stereocenters. The van der Waals surface area contributed by atoms with Gasteiger partial charge < -0.3 is 10.3 Å². The van der Waals surface area contributed by atoms with E-state index in [4.69, 9.17) is 0 Å². The van der Waals surface area contributed by atoms with Crippen LogP contribution in [0.1, 0.15) is 15.9 Å². The maximum Gasteiger partial charge on any atom is 0.257 e. The van der Waals surface area contributed by atoms with Gasteiger partial charge in [-0.3, -0.25) is 9.59 Å². The van der Waals surface area contributed by atoms with Gasteiger partial charge in [-0.05, 0) is 59.3 Å². The zero-order chi connectivity index (χ0) is 13.1. The Bertz CT molecular complexity index is 629. The van der Waals surface area contributed by atoms with Gasteiger partial charge in [-0.25, -0.2) is 0 Å². The molecular formula is C13H11IN2O2. The van der Waals surface area contributed by atoms with E-state index in [1.807, 2.05) is 25.1 Å². The van der Waals surface area contributed by atoms with E-state index in [0.29, 0.717) is 5.56 Å². The van der Waals surface area contributed by atoms with Gasteiger partial charge in [0.2, 0.25) is 5.56 Å². The lowest BCUT2D eigenvalue weighted by Crippen LogP contribution is -2.15. The summed E-state index contributed by atoms with van der Waals surface area (Å²) in [5.74, 6) is -0.240. The minimum absolute atomic E-state index is 0.225. The van der Waals surface area contributed by atoms with Crippen molar-refractivity contribution in [1.82, 2.24) is 4.98 Å². The number of hydrogen-bond donors (Lipinski definition) is 2. The summed E-state index contributed by atoms with van der Waals surface area (Å²) in [6.07, 6.45) is 1.40. The molecule has 1 heterocycles. The standard InChI is InChI=1S/C13H11IN2O2/c1-8-6-10(14)3-4-11(8)16-13(18)9-2-5-12(17)15-7-9/h2-7H,1H3,(H,15,17)(H,16,18). The molecule has 0 atom stereocenters. The predicted octanol–water partition coefficient (Wildman–Crippen LogP) is 2.54. The number of aromatic nitrogens is 1. The van der Waals surface area contributed by atoms with Crippen molar-refractivity contribution in [3.8, 4) is 0 Å². The van der Waals surface area contributed by atoms with Gasteiger partial charge in [0.1, 0.15) is 0 Å². The third-order valence-corrected chi connectivity index (χ3v) is 3.15. The van der Waals surface area contributed by atoms with E-state index in [1.54, 1.807) is 0 Å². The van der Waals surface area contributed by atoms with Crippen LogP contribution in [0.15, 0.2) is 41.3 Å². The van der Waals surface area contributed by atoms with Gasteiger partial charge in [-0.15, -0.1) is 0 Å². The number of carbonyl (C=O) groups is 1. The van der Waals surface area contributed by atoms with Crippen LogP contribution in [-0.2, 0) is 0 Å². The van der Waals surface area contributed by atoms with Crippen molar-refractivity contribution in [2.75, 3.05) is 5.32 Å². The van der Waals surface area contributed by atoms with Gasteiger partial charge >= 0.3 is 0 Å². The maximum absolute atomic E-state index is 11.9. The number of pyridine rings is 1. The fraction of sp³-hybridized carbons (Fsp3) is 0.0769. The summed E-state index contributed by atoms with van der Waals surface area (Å²) in [6, 6.07) is 8.60. The van der Waals surface area contributed by atoms with E-state index in [9.17, 15) is 9.59 Å². The first kappa shape index (κ1) is 12.8. The number of rotatable bonds is 2. The number of H-pyrrole nitrogens is 1. The van der Waals surface area contributed by atoms with Crippen molar-refractivity contribution in [2.24, 2.45) is 0 Å². The Morgan fingerprint density at radius 1 is 1.28 bits per heavy atom. The largest absolute Gasteiger partial charge is 0.328 e. The molecule has 5 heteroatoms. The Morgan fingerprint density at radius 3 is 2.67 bits per heavy atom. The molecule has 92 valence electrons. The topological polar surface area (TPSA) is 62.0 Å². The second-order valence-electron chi connectivity index (χ2n) is 3.85. The fourth-order valence-electron chi connectivity index (χ4n) is 1.51. The molecule has 0 fully saturated rings. The summed E-state index contributed by atoms with van der Waals surface area (Å²) in [4.78, 5) is 25.3. The molecule has 0 saturated heterocycles. The van der Waals surface area contributed by atoms with Gasteiger partial charge in [-0.2, -0.15) is 0 Å². The van der Waals surface area contributed by atoms with E-state index in [2.05, 4.69) is 32.9 Å². The predicted molar refractivity (Wildman–Crippen MR) is 78.9 cm³/mol. The molecule has 2 N–H and O–H groups in total. The molecule has 4 nitrogen and oxygen atoms in total. The van der Waals surface area contributed by atoms with Gasteiger partial charge in [0.25, 0.3) is 5.91 Å². The van der Waals surface area contributed by atoms with Crippen LogP contribution in [0.25, 0.3) is 0 Å². The SMILES string of the molecule is Cc1cc(I)ccc1NC(=O)c1ccc(=O)[nH]c1. The Hall–Kier alpha value is -1.63. The van der Waals surface area contributed by atoms with Gasteiger partial charge in [0, 0.05) is 21.5 Å². The third kappa shape index (κ3) is 2.98. The summed E-state index contributed by atoms with van der Waals surface area (Å²) in [6.45, 7) is 1.94. The first-order valence-corrected chi connectivity index (χ1v) is 6.40. The number of hydrogen-bond acceptors (Lipinski definition) is 2. The lowest BCUT2D eigenvalue weighted by atomic mass is 10.2. The summed E-state index contributed by atoms with van der Waals surface area (Å²) in [7, 11) is 0. The highest BCUT2D eigenvalue weighted by Gasteiger charge is 2.07. The van der Waals surface area contributed by atoms with Crippen molar-refractivity contribution < 1.29 is 4.79 Å². The molecule has 2 rings (SSSR count). The molecule has 1 aromatic carbocycles. The number of aryl methyl sites for hydroxylation is 1. The Morgan fingerprint density at radius 2 is 2.06 bits per heavy atom. The molecular weight excluding hydrogens is 343 g/mol. The molecule has 0 bridgehead atoms. The van der Waals surface area contributed by atoms with E-state index in [-0.39, 0.29) is 11.5 Å². The van der Waals surface area contributed by atoms with Crippen molar-refractivity contribution >= 4 is 34.2 Å². The first-order chi connectivity index (χ1) is 8.56. The Kier molecular flexibility index (Phi) is 3.81. The molecule has 1 aromatic heterocycles. The molecule has 0 aliphatic rings. The third-order valence-electron chi connectivity index (χ3n) is 2.48. The van der Waals surface area contributed by atoms with Crippen molar-refractivity contribution in [3.63, 3.8) is 0 Å². The number of nitrogens with one attached hydrogen (secondary N) is 2. The van der Waals surface area contributed by atoms with Crippen molar-refractivity contribution in [3.05, 3.63) is 61.6 Å². The average molecular weight is 354 g/mol. The van der Waals surface area contributed by atoms with Crippen molar-refractivity contribution in [2.45, 2.75) is 6.92 Å². The van der Waals surface area contributed by atoms with Crippen LogP contribution < -0.4 is 10.9 Å². The molecule has 0 aliphatic heterocycles. The Balaban J connectivity index is 2.21. The van der Waals surface area contributed by atoms with Gasteiger partial charge in [0.15, 0.2) is 0 Å². The van der Waals surface area contributed by atoms with Crippen LogP contribution in [0.2, 0.25) is 0 Å². The maximum atomic E-state index is 11.9. The zero-order valence-corrected chi connectivity index (χ0v) is 11.8. The second-order valence-corrected chi connectivity index (χ2v) is 5.10. The quantitative estimate of drug-likeness (QED) is 0.815. The molecule has 0 radical (unpaired) electrons. The molecule has 0 aliphatic carbocycles. The van der Waals surface area contributed by atoms with E-state index in [0.717, 1.165) is 14.8 Å². The molecule has 0 saturated carbocycles. The Labute approximate surface area is 118 Å². The number of halogens is 1. The van der Waals surface area contributed by atoms with Crippen LogP contribution in [0.4, 0.5) is 5.69 Å². The van der Waals surface area contributed by atoms with Crippen LogP contribution >= 0.6 is 22.6 Å². The first-order valence-electron chi connectivity index (χ1n) is 5.32. The number of carbonyl (C=O) groups excluding carboxylic acids is 1. The number of aromatic amines is 1. The van der Waals surface area contributed by atoms with E-state index >= 15 is 0 Å². The number of benzene rings is 1. The summed E-state index contributed by atoms with van der Waals surface area (Å²) < 4.78 is 1.12. The number of amides is 1. The fourth-order valence-corrected chi connectivity index (χ4v) is 2.16. The minimum atomic E-state index is -0.240. The summed E-state index contributed by atoms with van der Waals surface area (Å²) >= 11 is 2.22. The normalized spacial score (nSPS) is 10.1. The second kappa shape index (κ2) is 5.34. The monoisotopic (exact) mass is 354 g/mol. The van der Waals surface area contributed by atoms with Crippen LogP contribution in [0, 0.1) is 10.5 Å². The average Bonchev–Trinajstić information content (AvgIpc) is 2.33. The minimum Gasteiger partial charge on any atom is -0.328 e. The highest BCUT2D eigenvalue weighted by Crippen LogP contribution is 2.18. The highest BCUT2D eigenvalue weighted by molar-refractivity contribution is 14.1. The van der Waals surface area contributed by atoms with Gasteiger partial charge in [-0.1, -0.05) is 0 Å². The molecule has 1 amide bonds. The highest BCUT2D eigenvalue weighted by atomic mass is 127. The number of anilines is 1. The molecule has 18 heavy (non-hydrogen) atoms. The van der Waals surface area contributed by atoms with Crippen LogP contribution in [0.3, 0.4) is 0 Å².